The Hall–Kier alpha value is -1.18. The van der Waals surface area contributed by atoms with Crippen LogP contribution in [0, 0.1) is 28.6 Å². The van der Waals surface area contributed by atoms with Gasteiger partial charge in [0.25, 0.3) is 0 Å². The molecule has 246 valence electrons. The summed E-state index contributed by atoms with van der Waals surface area (Å²) in [5.41, 5.74) is 2.00. The monoisotopic (exact) mass is 616 g/mol. The maximum absolute atomic E-state index is 12.9. The van der Waals surface area contributed by atoms with Gasteiger partial charge in [0.1, 0.15) is 6.10 Å². The highest BCUT2D eigenvalue weighted by Crippen LogP contribution is 2.65. The van der Waals surface area contributed by atoms with Crippen molar-refractivity contribution in [1.82, 2.24) is 10.6 Å². The molecule has 0 aromatic rings. The van der Waals surface area contributed by atoms with Crippen LogP contribution in [0.1, 0.15) is 126 Å². The molecule has 4 aliphatic rings. The number of amides is 1. The molecule has 1 amide bonds. The molecule has 0 aliphatic heterocycles. The van der Waals surface area contributed by atoms with Crippen molar-refractivity contribution in [3.63, 3.8) is 0 Å². The second-order valence-corrected chi connectivity index (χ2v) is 21.3. The number of hydrogen-bond acceptors (Lipinski definition) is 5. The molecule has 0 spiro atoms. The Morgan fingerprint density at radius 1 is 1.07 bits per heavy atom. The molecule has 3 fully saturated rings. The van der Waals surface area contributed by atoms with Crippen LogP contribution in [0.25, 0.3) is 0 Å². The third kappa shape index (κ3) is 7.62. The first-order chi connectivity index (χ1) is 20.1. The van der Waals surface area contributed by atoms with Gasteiger partial charge < -0.3 is 19.8 Å². The number of hydrogen-bond donors (Lipinski definition) is 2. The van der Waals surface area contributed by atoms with Crippen LogP contribution in [0.2, 0.25) is 18.1 Å². The molecule has 2 unspecified atom stereocenters. The third-order valence-electron chi connectivity index (χ3n) is 12.8. The summed E-state index contributed by atoms with van der Waals surface area (Å²) in [5.74, 6) is 1.75. The number of allylic oxidation sites excluding steroid dienone is 1. The summed E-state index contributed by atoms with van der Waals surface area (Å²) in [6, 6.07) is 0.458. The first-order valence-corrected chi connectivity index (χ1v) is 20.6. The van der Waals surface area contributed by atoms with Crippen molar-refractivity contribution in [2.24, 2.45) is 28.6 Å². The standard InChI is InChI=1S/C36H64N2O4Si/c1-10-37-25(2)12-11-23-38-32(39)17-18-33(40)41-31-16-15-29-28-14-13-26-24-27(42-43(8,9)34(3,4)5)19-21-35(26,6)30(28)20-22-36(29,31)7/h13,25,27-31,37H,10-12,14-24H2,1-9H3,(H,38,39)/t25?,27?,28-,29-,30-,31-,35-,36-/m0/s1. The average molecular weight is 617 g/mol. The molecule has 2 N–H and O–H groups in total. The number of carbonyl (C=O) groups excluding carboxylic acids is 2. The van der Waals surface area contributed by atoms with Gasteiger partial charge in [0.05, 0.1) is 6.42 Å². The first-order valence-electron chi connectivity index (χ1n) is 17.7. The van der Waals surface area contributed by atoms with Crippen LogP contribution in [-0.2, 0) is 18.8 Å². The Morgan fingerprint density at radius 2 is 1.81 bits per heavy atom. The normalized spacial score (nSPS) is 34.8. The summed E-state index contributed by atoms with van der Waals surface area (Å²) < 4.78 is 13.1. The maximum atomic E-state index is 12.9. The topological polar surface area (TPSA) is 76.7 Å². The fourth-order valence-electron chi connectivity index (χ4n) is 9.08. The second-order valence-electron chi connectivity index (χ2n) is 16.6. The maximum Gasteiger partial charge on any atom is 0.306 e. The molecule has 0 saturated heterocycles. The van der Waals surface area contributed by atoms with E-state index in [2.05, 4.69) is 78.3 Å². The Balaban J connectivity index is 1.28. The largest absolute Gasteiger partial charge is 0.462 e. The van der Waals surface area contributed by atoms with Gasteiger partial charge in [-0.2, -0.15) is 0 Å². The van der Waals surface area contributed by atoms with Gasteiger partial charge in [0.2, 0.25) is 5.91 Å². The quantitative estimate of drug-likeness (QED) is 0.101. The fraction of sp³-hybridized carbons (Fsp3) is 0.889. The van der Waals surface area contributed by atoms with Crippen LogP contribution < -0.4 is 10.6 Å². The van der Waals surface area contributed by atoms with Gasteiger partial charge in [0.15, 0.2) is 8.32 Å². The van der Waals surface area contributed by atoms with Crippen molar-refractivity contribution in [3.8, 4) is 0 Å². The Kier molecular flexibility index (Phi) is 11.0. The van der Waals surface area contributed by atoms with Gasteiger partial charge in [-0.1, -0.05) is 53.2 Å². The van der Waals surface area contributed by atoms with Crippen molar-refractivity contribution >= 4 is 20.2 Å². The van der Waals surface area contributed by atoms with E-state index in [0.717, 1.165) is 57.4 Å². The Labute approximate surface area is 264 Å². The lowest BCUT2D eigenvalue weighted by Gasteiger charge is -2.58. The zero-order chi connectivity index (χ0) is 31.6. The zero-order valence-corrected chi connectivity index (χ0v) is 30.1. The number of fused-ring (bicyclic) bond motifs is 5. The molecule has 4 rings (SSSR count). The minimum atomic E-state index is -1.78. The molecule has 3 saturated carbocycles. The van der Waals surface area contributed by atoms with Crippen LogP contribution in [0.15, 0.2) is 11.6 Å². The Bertz CT molecular complexity index is 1020. The molecule has 0 aromatic carbocycles. The van der Waals surface area contributed by atoms with E-state index < -0.39 is 8.32 Å². The molecule has 0 heterocycles. The van der Waals surface area contributed by atoms with Crippen molar-refractivity contribution in [2.75, 3.05) is 13.1 Å². The molecule has 0 aromatic heterocycles. The molecule has 0 bridgehead atoms. The van der Waals surface area contributed by atoms with Gasteiger partial charge in [-0.25, -0.2) is 0 Å². The lowest BCUT2D eigenvalue weighted by molar-refractivity contribution is -0.160. The van der Waals surface area contributed by atoms with E-state index in [1.54, 1.807) is 5.57 Å². The molecule has 6 nitrogen and oxygen atoms in total. The van der Waals surface area contributed by atoms with E-state index in [1.165, 1.54) is 19.3 Å². The zero-order valence-electron chi connectivity index (χ0n) is 29.1. The molecular formula is C36H64N2O4Si. The highest BCUT2D eigenvalue weighted by molar-refractivity contribution is 6.74. The van der Waals surface area contributed by atoms with Gasteiger partial charge in [-0.05, 0) is 119 Å². The van der Waals surface area contributed by atoms with Crippen LogP contribution >= 0.6 is 0 Å². The van der Waals surface area contributed by atoms with Gasteiger partial charge >= 0.3 is 5.97 Å². The molecular weight excluding hydrogens is 552 g/mol. The smallest absolute Gasteiger partial charge is 0.306 e. The molecule has 8 atom stereocenters. The highest BCUT2D eigenvalue weighted by Gasteiger charge is 2.60. The minimum absolute atomic E-state index is 0.0199. The highest BCUT2D eigenvalue weighted by atomic mass is 28.4. The summed E-state index contributed by atoms with van der Waals surface area (Å²) >= 11 is 0. The fourth-order valence-corrected chi connectivity index (χ4v) is 10.5. The van der Waals surface area contributed by atoms with Crippen LogP contribution in [0.4, 0.5) is 0 Å². The van der Waals surface area contributed by atoms with E-state index in [9.17, 15) is 9.59 Å². The van der Waals surface area contributed by atoms with Crippen LogP contribution in [0.3, 0.4) is 0 Å². The number of carbonyl (C=O) groups is 2. The minimum Gasteiger partial charge on any atom is -0.462 e. The molecule has 0 radical (unpaired) electrons. The van der Waals surface area contributed by atoms with Crippen molar-refractivity contribution < 1.29 is 18.8 Å². The van der Waals surface area contributed by atoms with E-state index >= 15 is 0 Å². The number of rotatable bonds is 12. The predicted octanol–water partition coefficient (Wildman–Crippen LogP) is 7.93. The van der Waals surface area contributed by atoms with Crippen molar-refractivity contribution in [3.05, 3.63) is 11.6 Å². The summed E-state index contributed by atoms with van der Waals surface area (Å²) in [7, 11) is -1.78. The second kappa shape index (κ2) is 13.7. The van der Waals surface area contributed by atoms with Gasteiger partial charge in [-0.15, -0.1) is 0 Å². The van der Waals surface area contributed by atoms with E-state index in [4.69, 9.17) is 9.16 Å². The summed E-state index contributed by atoms with van der Waals surface area (Å²) in [4.78, 5) is 25.2. The number of esters is 1. The van der Waals surface area contributed by atoms with Gasteiger partial charge in [-0.3, -0.25) is 9.59 Å². The first kappa shape index (κ1) is 34.7. The van der Waals surface area contributed by atoms with E-state index in [-0.39, 0.29) is 46.7 Å². The summed E-state index contributed by atoms with van der Waals surface area (Å²) in [5, 5.41) is 6.61. The lowest BCUT2D eigenvalue weighted by atomic mass is 9.48. The molecule has 7 heteroatoms. The summed E-state index contributed by atoms with van der Waals surface area (Å²) in [6.07, 6.45) is 14.5. The van der Waals surface area contributed by atoms with Crippen LogP contribution in [0.5, 0.6) is 0 Å². The SMILES string of the molecule is CCNC(C)CCCNC(=O)CCC(=O)O[C@H]1CC[C@H]2[C@@H]3CC=C4CC(O[Si](C)(C)C(C)(C)C)CC[C@]4(C)[C@H]3CC[C@]12C. The number of ether oxygens (including phenoxy) is 1. The predicted molar refractivity (Wildman–Crippen MR) is 178 cm³/mol. The van der Waals surface area contributed by atoms with Crippen molar-refractivity contribution in [1.29, 1.82) is 0 Å². The van der Waals surface area contributed by atoms with Crippen LogP contribution in [-0.4, -0.2) is 51.5 Å². The summed E-state index contributed by atoms with van der Waals surface area (Å²) in [6.45, 7) is 22.7. The van der Waals surface area contributed by atoms with E-state index in [1.807, 2.05) is 0 Å². The van der Waals surface area contributed by atoms with E-state index in [0.29, 0.717) is 30.5 Å². The molecule has 4 aliphatic carbocycles. The molecule has 43 heavy (non-hydrogen) atoms. The number of nitrogens with one attached hydrogen (secondary N) is 2. The van der Waals surface area contributed by atoms with Gasteiger partial charge in [0, 0.05) is 30.5 Å². The third-order valence-corrected chi connectivity index (χ3v) is 17.3. The average Bonchev–Trinajstić information content (AvgIpc) is 3.25. The van der Waals surface area contributed by atoms with Crippen molar-refractivity contribution in [2.45, 2.75) is 162 Å². The Morgan fingerprint density at radius 3 is 2.51 bits per heavy atom. The lowest BCUT2D eigenvalue weighted by Crippen LogP contribution is -2.52.